The molecule has 2 aromatic rings. The molecule has 0 aliphatic carbocycles. The Morgan fingerprint density at radius 1 is 1.33 bits per heavy atom. The Balaban J connectivity index is 2.49. The van der Waals surface area contributed by atoms with Crippen molar-refractivity contribution in [3.05, 3.63) is 35.1 Å². The summed E-state index contributed by atoms with van der Waals surface area (Å²) in [6.07, 6.45) is 1.53. The molecule has 0 aromatic carbocycles. The number of furan rings is 1. The molecule has 0 aliphatic heterocycles. The van der Waals surface area contributed by atoms with Gasteiger partial charge in [-0.05, 0) is 45.7 Å². The lowest BCUT2D eigenvalue weighted by Crippen LogP contribution is -2.30. The van der Waals surface area contributed by atoms with Crippen LogP contribution in [-0.4, -0.2) is 22.2 Å². The molecule has 0 radical (unpaired) electrons. The van der Waals surface area contributed by atoms with Gasteiger partial charge in [0.2, 0.25) is 0 Å². The molecule has 0 spiro atoms. The highest BCUT2D eigenvalue weighted by Gasteiger charge is 2.14. The molecule has 2 heterocycles. The molecule has 0 aliphatic rings. The van der Waals surface area contributed by atoms with Gasteiger partial charge in [0.15, 0.2) is 5.76 Å². The first-order chi connectivity index (χ1) is 7.16. The Kier molecular flexibility index (Phi) is 2.90. The number of aromatic nitrogens is 1. The summed E-state index contributed by atoms with van der Waals surface area (Å²) >= 11 is 3.19. The van der Waals surface area contributed by atoms with Crippen molar-refractivity contribution < 1.29 is 14.5 Å². The van der Waals surface area contributed by atoms with Gasteiger partial charge in [-0.15, -0.1) is 0 Å². The summed E-state index contributed by atoms with van der Waals surface area (Å²) < 4.78 is 5.69. The first-order valence-corrected chi connectivity index (χ1v) is 5.03. The van der Waals surface area contributed by atoms with Crippen LogP contribution in [0.2, 0.25) is 0 Å². The molecule has 0 fully saturated rings. The largest absolute Gasteiger partial charge is 0.488 e. The van der Waals surface area contributed by atoms with Gasteiger partial charge in [-0.1, -0.05) is 0 Å². The number of rotatable bonds is 2. The number of pyridine rings is 1. The maximum absolute atomic E-state index is 9.05. The first kappa shape index (κ1) is 10.4. The number of hydrogen-bond acceptors (Lipinski definition) is 4. The van der Waals surface area contributed by atoms with E-state index in [-0.39, 0.29) is 0 Å². The Hall–Kier alpha value is -1.11. The summed E-state index contributed by atoms with van der Waals surface area (Å²) in [4.78, 5) is 4.16. The second kappa shape index (κ2) is 4.18. The Labute approximate surface area is 94.9 Å². The van der Waals surface area contributed by atoms with Crippen LogP contribution in [-0.2, 0) is 0 Å². The van der Waals surface area contributed by atoms with Crippen LogP contribution in [0.5, 0.6) is 0 Å². The highest BCUT2D eigenvalue weighted by Crippen LogP contribution is 2.18. The fourth-order valence-electron chi connectivity index (χ4n) is 1.22. The highest BCUT2D eigenvalue weighted by atomic mass is 79.9. The molecule has 0 unspecified atom stereocenters. The Morgan fingerprint density at radius 3 is 2.73 bits per heavy atom. The van der Waals surface area contributed by atoms with Gasteiger partial charge in [-0.2, -0.15) is 0 Å². The zero-order chi connectivity index (χ0) is 10.8. The van der Waals surface area contributed by atoms with Gasteiger partial charge in [0.25, 0.3) is 0 Å². The fraction of sp³-hybridized carbons (Fsp3) is 0. The summed E-state index contributed by atoms with van der Waals surface area (Å²) in [6.45, 7) is 0. The summed E-state index contributed by atoms with van der Waals surface area (Å²) in [5, 5.41) is 18.1. The minimum absolute atomic E-state index is 0.364. The van der Waals surface area contributed by atoms with Crippen molar-refractivity contribution in [2.45, 2.75) is 0 Å². The third-order valence-corrected chi connectivity index (χ3v) is 2.29. The molecule has 4 nitrogen and oxygen atoms in total. The average Bonchev–Trinajstić information content (AvgIpc) is 2.69. The third-order valence-electron chi connectivity index (χ3n) is 1.89. The van der Waals surface area contributed by atoms with Crippen molar-refractivity contribution in [1.82, 2.24) is 4.98 Å². The van der Waals surface area contributed by atoms with E-state index in [1.165, 1.54) is 12.3 Å². The molecule has 2 N–H and O–H groups in total. The van der Waals surface area contributed by atoms with Gasteiger partial charge in [0, 0.05) is 0 Å². The lowest BCUT2D eigenvalue weighted by molar-refractivity contribution is 0.425. The van der Waals surface area contributed by atoms with E-state index in [2.05, 4.69) is 20.9 Å². The molecule has 0 amide bonds. The molecule has 76 valence electrons. The van der Waals surface area contributed by atoms with E-state index in [9.17, 15) is 0 Å². The lowest BCUT2D eigenvalue weighted by atomic mass is 9.80. The van der Waals surface area contributed by atoms with Crippen LogP contribution in [0.15, 0.2) is 39.5 Å². The van der Waals surface area contributed by atoms with E-state index in [0.717, 1.165) is 0 Å². The van der Waals surface area contributed by atoms with Gasteiger partial charge in [-0.3, -0.25) is 0 Å². The second-order valence-corrected chi connectivity index (χ2v) is 3.77. The van der Waals surface area contributed by atoms with Crippen LogP contribution >= 0.6 is 15.9 Å². The second-order valence-electron chi connectivity index (χ2n) is 2.96. The summed E-state index contributed by atoms with van der Waals surface area (Å²) in [6, 6.07) is 6.60. The van der Waals surface area contributed by atoms with Crippen molar-refractivity contribution >= 4 is 28.5 Å². The van der Waals surface area contributed by atoms with E-state index in [4.69, 9.17) is 14.5 Å². The zero-order valence-corrected chi connectivity index (χ0v) is 9.18. The van der Waals surface area contributed by atoms with E-state index in [1.807, 2.05) is 0 Å². The van der Waals surface area contributed by atoms with Crippen molar-refractivity contribution in [3.8, 4) is 11.5 Å². The number of halogens is 1. The molecule has 0 atom stereocenters. The molecule has 0 bridgehead atoms. The van der Waals surface area contributed by atoms with Crippen molar-refractivity contribution in [3.63, 3.8) is 0 Å². The van der Waals surface area contributed by atoms with E-state index >= 15 is 0 Å². The third kappa shape index (κ3) is 2.28. The van der Waals surface area contributed by atoms with E-state index in [0.29, 0.717) is 21.5 Å². The number of hydrogen-bond donors (Lipinski definition) is 2. The van der Waals surface area contributed by atoms with E-state index < -0.39 is 7.12 Å². The van der Waals surface area contributed by atoms with Gasteiger partial charge < -0.3 is 14.5 Å². The summed E-state index contributed by atoms with van der Waals surface area (Å²) in [7, 11) is -1.52. The first-order valence-electron chi connectivity index (χ1n) is 4.24. The quantitative estimate of drug-likeness (QED) is 0.624. The minimum Gasteiger partial charge on any atom is -0.463 e. The van der Waals surface area contributed by atoms with Crippen LogP contribution in [0.1, 0.15) is 0 Å². The molecule has 15 heavy (non-hydrogen) atoms. The predicted molar refractivity (Wildman–Crippen MR) is 59.5 cm³/mol. The summed E-state index contributed by atoms with van der Waals surface area (Å²) in [5.41, 5.74) is 0.917. The molecule has 6 heteroatoms. The highest BCUT2D eigenvalue weighted by molar-refractivity contribution is 9.10. The molecule has 0 saturated heterocycles. The maximum Gasteiger partial charge on any atom is 0.488 e. The van der Waals surface area contributed by atoms with Crippen LogP contribution in [0.4, 0.5) is 0 Å². The van der Waals surface area contributed by atoms with Crippen molar-refractivity contribution in [2.75, 3.05) is 0 Å². The summed E-state index contributed by atoms with van der Waals surface area (Å²) in [5.74, 6) is 0.582. The standard InChI is InChI=1S/C9H7BBrNO3/c11-9-5-6(10(13)14)4-7(12-9)8-2-1-3-15-8/h1-5,13-14H. The van der Waals surface area contributed by atoms with Crippen molar-refractivity contribution in [2.24, 2.45) is 0 Å². The smallest absolute Gasteiger partial charge is 0.463 e. The zero-order valence-electron chi connectivity index (χ0n) is 7.59. The van der Waals surface area contributed by atoms with Crippen LogP contribution < -0.4 is 5.46 Å². The molecule has 2 aromatic heterocycles. The predicted octanol–water partition coefficient (Wildman–Crippen LogP) is 0.784. The van der Waals surface area contributed by atoms with Gasteiger partial charge in [0.1, 0.15) is 10.3 Å². The maximum atomic E-state index is 9.05. The topological polar surface area (TPSA) is 66.5 Å². The van der Waals surface area contributed by atoms with Crippen LogP contribution in [0, 0.1) is 0 Å². The van der Waals surface area contributed by atoms with Crippen LogP contribution in [0.3, 0.4) is 0 Å². The van der Waals surface area contributed by atoms with Gasteiger partial charge in [0.05, 0.1) is 6.26 Å². The van der Waals surface area contributed by atoms with Crippen LogP contribution in [0.25, 0.3) is 11.5 Å². The fourth-order valence-corrected chi connectivity index (χ4v) is 1.67. The van der Waals surface area contributed by atoms with Gasteiger partial charge >= 0.3 is 7.12 Å². The Morgan fingerprint density at radius 2 is 2.13 bits per heavy atom. The number of nitrogens with zero attached hydrogens (tertiary/aromatic N) is 1. The van der Waals surface area contributed by atoms with E-state index in [1.54, 1.807) is 18.2 Å². The Bertz CT molecular complexity index is 458. The normalized spacial score (nSPS) is 10.3. The SMILES string of the molecule is OB(O)c1cc(Br)nc(-c2ccco2)c1. The van der Waals surface area contributed by atoms with Gasteiger partial charge in [-0.25, -0.2) is 4.98 Å². The lowest BCUT2D eigenvalue weighted by Gasteiger charge is -2.02. The molecular formula is C9H7BBrNO3. The monoisotopic (exact) mass is 267 g/mol. The molecule has 0 saturated carbocycles. The van der Waals surface area contributed by atoms with Crippen molar-refractivity contribution in [1.29, 1.82) is 0 Å². The average molecular weight is 268 g/mol. The minimum atomic E-state index is -1.52. The molecular weight excluding hydrogens is 261 g/mol. The molecule has 2 rings (SSSR count).